The first-order valence-corrected chi connectivity index (χ1v) is 17.8. The van der Waals surface area contributed by atoms with Crippen molar-refractivity contribution in [3.8, 4) is 28.7 Å². The van der Waals surface area contributed by atoms with Crippen LogP contribution in [0.2, 0.25) is 0 Å². The Bertz CT molecular complexity index is 2040. The molecule has 1 saturated carbocycles. The normalized spacial score (nSPS) is 13.0. The lowest BCUT2D eigenvalue weighted by molar-refractivity contribution is 0.215. The Morgan fingerprint density at radius 1 is 0.863 bits per heavy atom. The van der Waals surface area contributed by atoms with Gasteiger partial charge in [-0.3, -0.25) is 4.90 Å². The maximum atomic E-state index is 6.18. The summed E-state index contributed by atoms with van der Waals surface area (Å²) in [5.74, 6) is 5.50. The third-order valence-electron chi connectivity index (χ3n) is 8.77. The van der Waals surface area contributed by atoms with Gasteiger partial charge in [-0.1, -0.05) is 64.0 Å². The molecule has 264 valence electrons. The van der Waals surface area contributed by atoms with Gasteiger partial charge >= 0.3 is 0 Å². The Morgan fingerprint density at radius 2 is 1.61 bits per heavy atom. The largest absolute Gasteiger partial charge is 0.496 e. The zero-order chi connectivity index (χ0) is 35.9. The Morgan fingerprint density at radius 3 is 2.33 bits per heavy atom. The molecule has 2 heterocycles. The fourth-order valence-corrected chi connectivity index (χ4v) is 5.87. The molecule has 10 nitrogen and oxygen atoms in total. The molecule has 7 rings (SSSR count). The van der Waals surface area contributed by atoms with Crippen LogP contribution in [0.5, 0.6) is 17.2 Å². The maximum absolute atomic E-state index is 6.18. The van der Waals surface area contributed by atoms with Crippen LogP contribution in [-0.2, 0) is 13.1 Å². The fraction of sp³-hybridized carbons (Fsp3) is 0.300. The number of nitrogens with zero attached hydrogens (tertiary/aromatic N) is 5. The molecule has 0 amide bonds. The van der Waals surface area contributed by atoms with E-state index in [9.17, 15) is 0 Å². The molecule has 0 radical (unpaired) electrons. The van der Waals surface area contributed by atoms with Crippen molar-refractivity contribution in [2.24, 2.45) is 0 Å². The minimum Gasteiger partial charge on any atom is -0.496 e. The number of aryl methyl sites for hydroxylation is 3. The van der Waals surface area contributed by atoms with E-state index < -0.39 is 0 Å². The van der Waals surface area contributed by atoms with Gasteiger partial charge in [0.1, 0.15) is 11.5 Å². The summed E-state index contributed by atoms with van der Waals surface area (Å²) in [5, 5.41) is 20.0. The second kappa shape index (κ2) is 16.3. The Kier molecular flexibility index (Phi) is 11.5. The molecule has 0 saturated heterocycles. The number of rotatable bonds is 12. The first kappa shape index (κ1) is 35.8. The van der Waals surface area contributed by atoms with Gasteiger partial charge in [-0.2, -0.15) is 0 Å². The summed E-state index contributed by atoms with van der Waals surface area (Å²) < 4.78 is 24.3. The molecule has 4 aromatic carbocycles. The van der Waals surface area contributed by atoms with E-state index in [1.54, 1.807) is 7.11 Å². The third kappa shape index (κ3) is 9.22. The number of methoxy groups -OCH3 is 1. The third-order valence-corrected chi connectivity index (χ3v) is 9.26. The zero-order valence-corrected chi connectivity index (χ0v) is 31.4. The smallest absolute Gasteiger partial charge is 0.247 e. The first-order chi connectivity index (χ1) is 24.7. The van der Waals surface area contributed by atoms with E-state index in [0.29, 0.717) is 36.7 Å². The van der Waals surface area contributed by atoms with Gasteiger partial charge in [0, 0.05) is 28.1 Å². The van der Waals surface area contributed by atoms with Crippen LogP contribution in [-0.4, -0.2) is 39.5 Å². The topological polar surface area (TPSA) is 112 Å². The van der Waals surface area contributed by atoms with E-state index in [2.05, 4.69) is 92.4 Å². The van der Waals surface area contributed by atoms with Gasteiger partial charge in [0.05, 0.1) is 25.4 Å². The predicted octanol–water partition coefficient (Wildman–Crippen LogP) is 9.98. The second-order valence-electron chi connectivity index (χ2n) is 12.8. The van der Waals surface area contributed by atoms with Crippen molar-refractivity contribution in [2.45, 2.75) is 65.6 Å². The van der Waals surface area contributed by atoms with Crippen LogP contribution in [0.4, 0.5) is 5.69 Å². The van der Waals surface area contributed by atoms with Crippen LogP contribution < -0.4 is 14.8 Å². The van der Waals surface area contributed by atoms with Gasteiger partial charge < -0.3 is 23.6 Å². The number of halogens is 1. The lowest BCUT2D eigenvalue weighted by atomic mass is 10.1. The fourth-order valence-electron chi connectivity index (χ4n) is 5.46. The van der Waals surface area contributed by atoms with Crippen molar-refractivity contribution in [1.29, 1.82) is 0 Å². The highest BCUT2D eigenvalue weighted by atomic mass is 79.9. The van der Waals surface area contributed by atoms with Crippen LogP contribution in [0, 0.1) is 20.8 Å². The van der Waals surface area contributed by atoms with Gasteiger partial charge in [-0.05, 0) is 101 Å². The molecule has 0 spiro atoms. The van der Waals surface area contributed by atoms with Gasteiger partial charge in [-0.25, -0.2) is 0 Å². The Balaban J connectivity index is 0.000000176. The highest BCUT2D eigenvalue weighted by Gasteiger charge is 2.29. The van der Waals surface area contributed by atoms with Crippen molar-refractivity contribution in [1.82, 2.24) is 25.3 Å². The monoisotopic (exact) mass is 750 g/mol. The second-order valence-corrected chi connectivity index (χ2v) is 13.8. The maximum Gasteiger partial charge on any atom is 0.247 e. The summed E-state index contributed by atoms with van der Waals surface area (Å²) in [4.78, 5) is 2.15. The molecule has 0 aliphatic heterocycles. The lowest BCUT2D eigenvalue weighted by Gasteiger charge is -2.23. The van der Waals surface area contributed by atoms with Crippen molar-refractivity contribution in [2.75, 3.05) is 19.5 Å². The number of para-hydroxylation sites is 3. The van der Waals surface area contributed by atoms with Crippen molar-refractivity contribution < 1.29 is 18.3 Å². The zero-order valence-electron chi connectivity index (χ0n) is 29.8. The van der Waals surface area contributed by atoms with E-state index in [-0.39, 0.29) is 6.04 Å². The quantitative estimate of drug-likeness (QED) is 0.130. The van der Waals surface area contributed by atoms with Crippen molar-refractivity contribution >= 4 is 21.6 Å². The average molecular weight is 752 g/mol. The van der Waals surface area contributed by atoms with E-state index in [1.807, 2.05) is 73.8 Å². The highest BCUT2D eigenvalue weighted by Crippen LogP contribution is 2.39. The molecule has 1 atom stereocenters. The van der Waals surface area contributed by atoms with Gasteiger partial charge in [0.15, 0.2) is 5.75 Å². The molecule has 2 aromatic heterocycles. The molecule has 11 heteroatoms. The number of hydrogen-bond donors (Lipinski definition) is 1. The molecule has 1 aliphatic carbocycles. The van der Waals surface area contributed by atoms with Crippen LogP contribution in [0.1, 0.15) is 71.7 Å². The number of aromatic nitrogens is 4. The first-order valence-electron chi connectivity index (χ1n) is 17.0. The molecular weight excluding hydrogens is 708 g/mol. The SMILES string of the molecule is COc1ccc(Br)cc1CN(C)C(C)c1nnc(-c2ccc(C)cc2)o1.Cc1cccc(C)c1Oc1ccccc1NCc1nnc(C2CC2)o1. The summed E-state index contributed by atoms with van der Waals surface area (Å²) >= 11 is 3.52. The number of ether oxygens (including phenoxy) is 2. The Hall–Kier alpha value is -5.00. The standard InChI is InChI=1S/C20H22BrN3O2.C20H21N3O2/c1-13-5-7-15(8-6-13)20-23-22-19(26-20)14(2)24(3)12-16-11-17(21)9-10-18(16)25-4;1-13-6-5-7-14(2)19(13)24-17-9-4-3-8-16(17)21-12-18-22-23-20(25-18)15-10-11-15/h5-11,14H,12H2,1-4H3;3-9,15,21H,10-12H2,1-2H3. The number of benzene rings is 4. The highest BCUT2D eigenvalue weighted by molar-refractivity contribution is 9.10. The number of anilines is 1. The molecule has 1 unspecified atom stereocenters. The van der Waals surface area contributed by atoms with E-state index in [1.165, 1.54) is 5.56 Å². The van der Waals surface area contributed by atoms with Crippen LogP contribution in [0.15, 0.2) is 98.2 Å². The molecule has 6 aromatic rings. The number of nitrogens with one attached hydrogen (secondary N) is 1. The van der Waals surface area contributed by atoms with E-state index >= 15 is 0 Å². The van der Waals surface area contributed by atoms with Crippen LogP contribution in [0.25, 0.3) is 11.5 Å². The summed E-state index contributed by atoms with van der Waals surface area (Å²) in [7, 11) is 3.71. The van der Waals surface area contributed by atoms with Gasteiger partial charge in [0.2, 0.25) is 23.6 Å². The lowest BCUT2D eigenvalue weighted by Crippen LogP contribution is -2.22. The van der Waals surface area contributed by atoms with E-state index in [4.69, 9.17) is 18.3 Å². The summed E-state index contributed by atoms with van der Waals surface area (Å²) in [6.45, 7) is 9.39. The minimum absolute atomic E-state index is 0.0228. The van der Waals surface area contributed by atoms with Gasteiger partial charge in [-0.15, -0.1) is 20.4 Å². The summed E-state index contributed by atoms with van der Waals surface area (Å²) in [6, 6.07) is 28.1. The summed E-state index contributed by atoms with van der Waals surface area (Å²) in [5.41, 5.74) is 6.34. The van der Waals surface area contributed by atoms with Crippen molar-refractivity contribution in [3.63, 3.8) is 0 Å². The predicted molar refractivity (Wildman–Crippen MR) is 201 cm³/mol. The average Bonchev–Trinajstić information content (AvgIpc) is 3.66. The molecule has 51 heavy (non-hydrogen) atoms. The number of hydrogen-bond acceptors (Lipinski definition) is 10. The van der Waals surface area contributed by atoms with Crippen LogP contribution >= 0.6 is 15.9 Å². The molecule has 1 aliphatic rings. The van der Waals surface area contributed by atoms with Gasteiger partial charge in [0.25, 0.3) is 0 Å². The molecule has 0 bridgehead atoms. The Labute approximate surface area is 307 Å². The molecule has 1 fully saturated rings. The molecular formula is C40H43BrN6O4. The molecule has 1 N–H and O–H groups in total. The van der Waals surface area contributed by atoms with Crippen molar-refractivity contribution in [3.05, 3.63) is 129 Å². The minimum atomic E-state index is -0.0228. The van der Waals surface area contributed by atoms with Crippen LogP contribution in [0.3, 0.4) is 0 Å². The summed E-state index contributed by atoms with van der Waals surface area (Å²) in [6.07, 6.45) is 2.31. The van der Waals surface area contributed by atoms with E-state index in [0.717, 1.165) is 68.4 Å².